The minimum atomic E-state index is -0.239. The van der Waals surface area contributed by atoms with Gasteiger partial charge in [0, 0.05) is 31.1 Å². The molecule has 3 aromatic rings. The summed E-state index contributed by atoms with van der Waals surface area (Å²) in [6.45, 7) is 5.56. The van der Waals surface area contributed by atoms with E-state index in [1.807, 2.05) is 47.4 Å². The monoisotopic (exact) mass is 488 g/mol. The second-order valence-electron chi connectivity index (χ2n) is 10.4. The summed E-state index contributed by atoms with van der Waals surface area (Å²) in [5, 5.41) is 2.09. The number of carbonyl (C=O) groups excluding carboxylic acids is 1. The number of hydrogen-bond acceptors (Lipinski definition) is 4. The maximum atomic E-state index is 13.7. The number of hydrogen-bond donors (Lipinski definition) is 0. The van der Waals surface area contributed by atoms with Crippen LogP contribution in [0.4, 0.5) is 4.39 Å². The molecule has 6 rings (SSSR count). The van der Waals surface area contributed by atoms with Gasteiger partial charge in [0.2, 0.25) is 0 Å². The normalized spacial score (nSPS) is 24.1. The fourth-order valence-electron chi connectivity index (χ4n) is 6.29. The molecule has 0 spiro atoms. The lowest BCUT2D eigenvalue weighted by Crippen LogP contribution is -2.40. The second kappa shape index (κ2) is 10.3. The summed E-state index contributed by atoms with van der Waals surface area (Å²) in [7, 11) is 0. The van der Waals surface area contributed by atoms with Gasteiger partial charge in [0.1, 0.15) is 5.82 Å². The highest BCUT2D eigenvalue weighted by Crippen LogP contribution is 2.35. The topological polar surface area (TPSA) is 42.0 Å². The number of fused-ring (bicyclic) bond motifs is 1. The van der Waals surface area contributed by atoms with E-state index in [4.69, 9.17) is 9.47 Å². The molecule has 3 aliphatic rings. The molecule has 0 saturated carbocycles. The van der Waals surface area contributed by atoms with Gasteiger partial charge in [-0.2, -0.15) is 0 Å². The van der Waals surface area contributed by atoms with Crippen LogP contribution in [0, 0.1) is 17.7 Å². The largest absolute Gasteiger partial charge is 0.350 e. The van der Waals surface area contributed by atoms with Gasteiger partial charge >= 0.3 is 0 Å². The van der Waals surface area contributed by atoms with Gasteiger partial charge in [-0.1, -0.05) is 48.5 Å². The fraction of sp³-hybridized carbons (Fsp3) is 0.433. The number of likely N-dealkylation sites (tertiary alicyclic amines) is 2. The van der Waals surface area contributed by atoms with Gasteiger partial charge in [-0.25, -0.2) is 4.39 Å². The quantitative estimate of drug-likeness (QED) is 0.511. The molecule has 6 heteroatoms. The Bertz CT molecular complexity index is 1200. The number of ether oxygens (including phenoxy) is 2. The average Bonchev–Trinajstić information content (AvgIpc) is 3.59. The van der Waals surface area contributed by atoms with E-state index >= 15 is 0 Å². The van der Waals surface area contributed by atoms with Crippen LogP contribution >= 0.6 is 0 Å². The Morgan fingerprint density at radius 1 is 0.889 bits per heavy atom. The molecule has 3 saturated heterocycles. The smallest absolute Gasteiger partial charge is 0.254 e. The first-order valence-electron chi connectivity index (χ1n) is 13.1. The molecule has 2 atom stereocenters. The van der Waals surface area contributed by atoms with E-state index in [0.717, 1.165) is 48.8 Å². The van der Waals surface area contributed by atoms with Gasteiger partial charge in [-0.05, 0) is 72.3 Å². The van der Waals surface area contributed by atoms with E-state index < -0.39 is 0 Å². The number of amides is 1. The van der Waals surface area contributed by atoms with Crippen LogP contribution in [-0.2, 0) is 9.47 Å². The Morgan fingerprint density at radius 3 is 2.39 bits per heavy atom. The van der Waals surface area contributed by atoms with E-state index in [1.54, 1.807) is 12.1 Å². The summed E-state index contributed by atoms with van der Waals surface area (Å²) in [6.07, 6.45) is 1.90. The molecule has 3 heterocycles. The van der Waals surface area contributed by atoms with Crippen LogP contribution in [-0.4, -0.2) is 67.9 Å². The molecular formula is C30H33FN2O3. The van der Waals surface area contributed by atoms with Crippen molar-refractivity contribution in [3.63, 3.8) is 0 Å². The van der Waals surface area contributed by atoms with E-state index in [2.05, 4.69) is 17.0 Å². The Balaban J connectivity index is 1.15. The van der Waals surface area contributed by atoms with Crippen LogP contribution in [0.25, 0.3) is 10.8 Å². The maximum Gasteiger partial charge on any atom is 0.254 e. The highest BCUT2D eigenvalue weighted by atomic mass is 19.1. The molecule has 0 N–H and O–H groups in total. The number of halogens is 1. The van der Waals surface area contributed by atoms with Crippen molar-refractivity contribution in [1.29, 1.82) is 0 Å². The molecule has 36 heavy (non-hydrogen) atoms. The maximum absolute atomic E-state index is 13.7. The summed E-state index contributed by atoms with van der Waals surface area (Å²) >= 11 is 0. The van der Waals surface area contributed by atoms with E-state index in [9.17, 15) is 9.18 Å². The number of piperidine rings is 1. The zero-order valence-electron chi connectivity index (χ0n) is 20.5. The Morgan fingerprint density at radius 2 is 1.61 bits per heavy atom. The molecule has 1 unspecified atom stereocenters. The molecule has 5 nitrogen and oxygen atoms in total. The molecule has 0 radical (unpaired) electrons. The Hall–Kier alpha value is -2.80. The minimum Gasteiger partial charge on any atom is -0.350 e. The lowest BCUT2D eigenvalue weighted by Gasteiger charge is -2.35. The highest BCUT2D eigenvalue weighted by Gasteiger charge is 2.43. The van der Waals surface area contributed by atoms with Crippen molar-refractivity contribution in [2.24, 2.45) is 11.8 Å². The molecular weight excluding hydrogens is 455 g/mol. The zero-order chi connectivity index (χ0) is 24.5. The molecule has 188 valence electrons. The van der Waals surface area contributed by atoms with Crippen molar-refractivity contribution >= 4 is 16.7 Å². The lowest BCUT2D eigenvalue weighted by atomic mass is 9.88. The predicted molar refractivity (Wildman–Crippen MR) is 137 cm³/mol. The third-order valence-corrected chi connectivity index (χ3v) is 8.22. The van der Waals surface area contributed by atoms with Crippen LogP contribution in [0.5, 0.6) is 0 Å². The summed E-state index contributed by atoms with van der Waals surface area (Å²) in [4.78, 5) is 18.2. The Kier molecular flexibility index (Phi) is 6.74. The fourth-order valence-corrected chi connectivity index (χ4v) is 6.29. The molecule has 0 aliphatic carbocycles. The summed E-state index contributed by atoms with van der Waals surface area (Å²) in [6, 6.07) is 21.0. The van der Waals surface area contributed by atoms with Crippen molar-refractivity contribution in [3.8, 4) is 0 Å². The SMILES string of the molecule is O=C(c1cccc2ccccc12)N1CC(CN2CCC(c3ccc(F)cc3)CC2)[C@H](C2OCCO2)C1. The standard InChI is InChI=1S/C30H33FN2O3/c31-25-10-8-21(9-11-25)22-12-14-32(15-13-22)18-24-19-33(20-28(24)30-35-16-17-36-30)29(34)27-7-3-5-23-4-1-2-6-26(23)27/h1-11,22,24,28,30H,12-20H2/t24?,28-/m1/s1. The van der Waals surface area contributed by atoms with Crippen LogP contribution in [0.2, 0.25) is 0 Å². The first-order valence-corrected chi connectivity index (χ1v) is 13.1. The number of carbonyl (C=O) groups is 1. The lowest BCUT2D eigenvalue weighted by molar-refractivity contribution is -0.0924. The minimum absolute atomic E-state index is 0.0901. The van der Waals surface area contributed by atoms with Gasteiger partial charge in [0.05, 0.1) is 13.2 Å². The summed E-state index contributed by atoms with van der Waals surface area (Å²) in [5.41, 5.74) is 2.00. The first kappa shape index (κ1) is 23.6. The van der Waals surface area contributed by atoms with E-state index in [0.29, 0.717) is 38.1 Å². The molecule has 3 fully saturated rings. The highest BCUT2D eigenvalue weighted by molar-refractivity contribution is 6.07. The number of nitrogens with zero attached hydrogens (tertiary/aromatic N) is 2. The van der Waals surface area contributed by atoms with E-state index in [-0.39, 0.29) is 23.9 Å². The zero-order valence-corrected chi connectivity index (χ0v) is 20.5. The Labute approximate surface area is 211 Å². The number of rotatable bonds is 5. The first-order chi connectivity index (χ1) is 17.7. The van der Waals surface area contributed by atoms with Gasteiger partial charge in [-0.15, -0.1) is 0 Å². The number of benzene rings is 3. The summed E-state index contributed by atoms with van der Waals surface area (Å²) in [5.74, 6) is 0.859. The van der Waals surface area contributed by atoms with Gasteiger partial charge in [0.25, 0.3) is 5.91 Å². The van der Waals surface area contributed by atoms with E-state index in [1.165, 1.54) is 5.56 Å². The van der Waals surface area contributed by atoms with Crippen LogP contribution < -0.4 is 0 Å². The van der Waals surface area contributed by atoms with Crippen LogP contribution in [0.1, 0.15) is 34.7 Å². The third-order valence-electron chi connectivity index (χ3n) is 8.22. The van der Waals surface area contributed by atoms with Crippen molar-refractivity contribution in [2.75, 3.05) is 45.9 Å². The van der Waals surface area contributed by atoms with Crippen molar-refractivity contribution < 1.29 is 18.7 Å². The summed E-state index contributed by atoms with van der Waals surface area (Å²) < 4.78 is 25.2. The van der Waals surface area contributed by atoms with Gasteiger partial charge < -0.3 is 19.3 Å². The van der Waals surface area contributed by atoms with Crippen molar-refractivity contribution in [2.45, 2.75) is 25.0 Å². The molecule has 1 amide bonds. The molecule has 3 aromatic carbocycles. The van der Waals surface area contributed by atoms with Crippen molar-refractivity contribution in [1.82, 2.24) is 9.80 Å². The van der Waals surface area contributed by atoms with Gasteiger partial charge in [-0.3, -0.25) is 4.79 Å². The second-order valence-corrected chi connectivity index (χ2v) is 10.4. The third kappa shape index (κ3) is 4.77. The molecule has 0 aromatic heterocycles. The molecule has 3 aliphatic heterocycles. The van der Waals surface area contributed by atoms with Gasteiger partial charge in [0.15, 0.2) is 6.29 Å². The molecule has 0 bridgehead atoms. The van der Waals surface area contributed by atoms with Crippen molar-refractivity contribution in [3.05, 3.63) is 83.7 Å². The van der Waals surface area contributed by atoms with Crippen LogP contribution in [0.3, 0.4) is 0 Å². The predicted octanol–water partition coefficient (Wildman–Crippen LogP) is 4.92. The average molecular weight is 489 g/mol. The van der Waals surface area contributed by atoms with Crippen LogP contribution in [0.15, 0.2) is 66.7 Å².